The predicted molar refractivity (Wildman–Crippen MR) is 87.7 cm³/mol. The number of ether oxygens (including phenoxy) is 3. The molecule has 0 fully saturated rings. The van der Waals surface area contributed by atoms with E-state index in [1.54, 1.807) is 40.0 Å². The van der Waals surface area contributed by atoms with Crippen LogP contribution in [0.3, 0.4) is 0 Å². The Balaban J connectivity index is 2.76. The van der Waals surface area contributed by atoms with Crippen molar-refractivity contribution in [2.75, 3.05) is 13.7 Å². The molecular formula is C17H27NO5. The lowest BCUT2D eigenvalue weighted by atomic mass is 10.0. The molecule has 0 aromatic heterocycles. The number of esters is 1. The Morgan fingerprint density at radius 2 is 1.96 bits per heavy atom. The fraction of sp³-hybridized carbons (Fsp3) is 0.588. The molecule has 0 aliphatic carbocycles. The number of methoxy groups -OCH3 is 1. The topological polar surface area (TPSA) is 91.0 Å². The van der Waals surface area contributed by atoms with Gasteiger partial charge in [0.25, 0.3) is 0 Å². The van der Waals surface area contributed by atoms with Gasteiger partial charge in [0.05, 0.1) is 13.7 Å². The summed E-state index contributed by atoms with van der Waals surface area (Å²) >= 11 is 0. The molecule has 1 aromatic rings. The van der Waals surface area contributed by atoms with Crippen LogP contribution in [0, 0.1) is 0 Å². The maximum absolute atomic E-state index is 11.9. The molecule has 0 saturated carbocycles. The minimum absolute atomic E-state index is 0.309. The molecule has 0 radical (unpaired) electrons. The highest BCUT2D eigenvalue weighted by Crippen LogP contribution is 2.28. The highest BCUT2D eigenvalue weighted by Gasteiger charge is 2.28. The number of carbonyl (C=O) groups excluding carboxylic acids is 1. The van der Waals surface area contributed by atoms with E-state index in [1.165, 1.54) is 0 Å². The molecule has 1 rings (SSSR count). The van der Waals surface area contributed by atoms with Gasteiger partial charge < -0.3 is 25.1 Å². The van der Waals surface area contributed by atoms with Gasteiger partial charge in [0.1, 0.15) is 5.60 Å². The number of hydrogen-bond donors (Lipinski definition) is 2. The molecule has 6 nitrogen and oxygen atoms in total. The average molecular weight is 325 g/mol. The fourth-order valence-electron chi connectivity index (χ4n) is 2.03. The molecule has 23 heavy (non-hydrogen) atoms. The van der Waals surface area contributed by atoms with E-state index < -0.39 is 23.7 Å². The highest BCUT2D eigenvalue weighted by molar-refractivity contribution is 5.75. The van der Waals surface area contributed by atoms with E-state index in [4.69, 9.17) is 19.9 Å². The summed E-state index contributed by atoms with van der Waals surface area (Å²) in [5.41, 5.74) is 6.10. The summed E-state index contributed by atoms with van der Waals surface area (Å²) < 4.78 is 15.9. The monoisotopic (exact) mass is 325 g/mol. The number of hydrogen-bond acceptors (Lipinski definition) is 6. The number of carbonyl (C=O) groups is 1. The van der Waals surface area contributed by atoms with Crippen molar-refractivity contribution in [1.82, 2.24) is 0 Å². The number of nitrogens with two attached hydrogens (primary N) is 1. The molecule has 0 aliphatic heterocycles. The van der Waals surface area contributed by atoms with Crippen LogP contribution in [0.5, 0.6) is 11.5 Å². The van der Waals surface area contributed by atoms with Crippen LogP contribution < -0.4 is 15.2 Å². The second-order valence-electron chi connectivity index (χ2n) is 6.26. The third-order valence-electron chi connectivity index (χ3n) is 3.05. The van der Waals surface area contributed by atoms with Crippen molar-refractivity contribution in [3.63, 3.8) is 0 Å². The zero-order chi connectivity index (χ0) is 17.6. The van der Waals surface area contributed by atoms with Crippen molar-refractivity contribution in [3.05, 3.63) is 23.8 Å². The van der Waals surface area contributed by atoms with Crippen molar-refractivity contribution < 1.29 is 24.1 Å². The summed E-state index contributed by atoms with van der Waals surface area (Å²) in [4.78, 5) is 11.9. The molecule has 0 aliphatic rings. The minimum atomic E-state index is -1.38. The molecule has 130 valence electrons. The molecule has 0 bridgehead atoms. The van der Waals surface area contributed by atoms with Crippen LogP contribution in [0.1, 0.15) is 33.3 Å². The normalized spacial score (nSPS) is 14.0. The summed E-state index contributed by atoms with van der Waals surface area (Å²) in [6, 6.07) is 4.62. The number of rotatable bonds is 7. The van der Waals surface area contributed by atoms with E-state index in [0.717, 1.165) is 5.56 Å². The lowest BCUT2D eigenvalue weighted by Gasteiger charge is -2.24. The summed E-state index contributed by atoms with van der Waals surface area (Å²) in [5, 5.41) is 10.0. The molecule has 2 unspecified atom stereocenters. The molecule has 3 N–H and O–H groups in total. The van der Waals surface area contributed by atoms with E-state index in [1.807, 2.05) is 13.0 Å². The van der Waals surface area contributed by atoms with E-state index in [2.05, 4.69) is 0 Å². The second-order valence-corrected chi connectivity index (χ2v) is 6.26. The van der Waals surface area contributed by atoms with Crippen LogP contribution in [0.2, 0.25) is 0 Å². The van der Waals surface area contributed by atoms with Crippen LogP contribution in [0.4, 0.5) is 0 Å². The molecule has 0 amide bonds. The smallest absolute Gasteiger partial charge is 0.337 e. The lowest BCUT2D eigenvalue weighted by Crippen LogP contribution is -2.45. The minimum Gasteiger partial charge on any atom is -0.493 e. The number of benzene rings is 1. The van der Waals surface area contributed by atoms with Gasteiger partial charge in [-0.15, -0.1) is 0 Å². The molecule has 2 atom stereocenters. The summed E-state index contributed by atoms with van der Waals surface area (Å²) in [6.45, 7) is 7.63. The average Bonchev–Trinajstić information content (AvgIpc) is 2.46. The van der Waals surface area contributed by atoms with Gasteiger partial charge in [0.15, 0.2) is 17.6 Å². The van der Waals surface area contributed by atoms with Crippen molar-refractivity contribution in [2.24, 2.45) is 5.73 Å². The first-order chi connectivity index (χ1) is 10.7. The summed E-state index contributed by atoms with van der Waals surface area (Å²) in [5.74, 6) is 0.506. The Morgan fingerprint density at radius 3 is 2.48 bits per heavy atom. The van der Waals surface area contributed by atoms with E-state index in [-0.39, 0.29) is 0 Å². The first-order valence-corrected chi connectivity index (χ1v) is 7.64. The number of aliphatic hydroxyl groups is 1. The first-order valence-electron chi connectivity index (χ1n) is 7.64. The quantitative estimate of drug-likeness (QED) is 0.741. The maximum atomic E-state index is 11.9. The Morgan fingerprint density at radius 1 is 1.30 bits per heavy atom. The van der Waals surface area contributed by atoms with Gasteiger partial charge >= 0.3 is 5.97 Å². The van der Waals surface area contributed by atoms with Gasteiger partial charge in [-0.1, -0.05) is 6.07 Å². The lowest BCUT2D eigenvalue weighted by molar-refractivity contribution is -0.166. The zero-order valence-corrected chi connectivity index (χ0v) is 14.5. The fourth-order valence-corrected chi connectivity index (χ4v) is 2.03. The Labute approximate surface area is 137 Å². The van der Waals surface area contributed by atoms with E-state index >= 15 is 0 Å². The second kappa shape index (κ2) is 8.17. The van der Waals surface area contributed by atoms with Crippen LogP contribution in [0.25, 0.3) is 0 Å². The van der Waals surface area contributed by atoms with Crippen LogP contribution in [-0.4, -0.2) is 42.5 Å². The van der Waals surface area contributed by atoms with Crippen molar-refractivity contribution >= 4 is 5.97 Å². The third kappa shape index (κ3) is 6.08. The van der Waals surface area contributed by atoms with Gasteiger partial charge in [0, 0.05) is 6.04 Å². The van der Waals surface area contributed by atoms with Crippen LogP contribution >= 0.6 is 0 Å². The number of aliphatic hydroxyl groups excluding tert-OH is 1. The van der Waals surface area contributed by atoms with Crippen LogP contribution in [-0.2, 0) is 16.0 Å². The molecular weight excluding hydrogens is 298 g/mol. The van der Waals surface area contributed by atoms with Gasteiger partial charge in [-0.2, -0.15) is 0 Å². The Hall–Kier alpha value is -1.79. The van der Waals surface area contributed by atoms with Crippen molar-refractivity contribution in [1.29, 1.82) is 0 Å². The third-order valence-corrected chi connectivity index (χ3v) is 3.05. The Kier molecular flexibility index (Phi) is 6.84. The van der Waals surface area contributed by atoms with Crippen molar-refractivity contribution in [2.45, 2.75) is 51.9 Å². The zero-order valence-electron chi connectivity index (χ0n) is 14.5. The van der Waals surface area contributed by atoms with E-state index in [9.17, 15) is 9.90 Å². The molecule has 0 spiro atoms. The largest absolute Gasteiger partial charge is 0.493 e. The standard InChI is InChI=1S/C17H27NO5/c1-6-22-13-8-7-11(10-14(13)21-5)9-12(18)15(19)16(20)23-17(2,3)4/h7-8,10,12,15,19H,6,9,18H2,1-5H3. The molecule has 1 aromatic carbocycles. The van der Waals surface area contributed by atoms with Crippen LogP contribution in [0.15, 0.2) is 18.2 Å². The summed E-state index contributed by atoms with van der Waals surface area (Å²) in [6.07, 6.45) is -1.07. The first kappa shape index (κ1) is 19.3. The SMILES string of the molecule is CCOc1ccc(CC(N)C(O)C(=O)OC(C)(C)C)cc1OC. The van der Waals surface area contributed by atoms with Gasteiger partial charge in [-0.25, -0.2) is 4.79 Å². The Bertz CT molecular complexity index is 524. The maximum Gasteiger partial charge on any atom is 0.337 e. The van der Waals surface area contributed by atoms with E-state index in [0.29, 0.717) is 24.5 Å². The van der Waals surface area contributed by atoms with Gasteiger partial charge in [0.2, 0.25) is 0 Å². The summed E-state index contributed by atoms with van der Waals surface area (Å²) in [7, 11) is 1.55. The van der Waals surface area contributed by atoms with Gasteiger partial charge in [-0.05, 0) is 51.8 Å². The molecule has 0 saturated heterocycles. The highest BCUT2D eigenvalue weighted by atomic mass is 16.6. The molecule has 0 heterocycles. The predicted octanol–water partition coefficient (Wildman–Crippen LogP) is 1.67. The molecule has 6 heteroatoms. The van der Waals surface area contributed by atoms with Crippen molar-refractivity contribution in [3.8, 4) is 11.5 Å². The van der Waals surface area contributed by atoms with Gasteiger partial charge in [-0.3, -0.25) is 0 Å².